The summed E-state index contributed by atoms with van der Waals surface area (Å²) in [4.78, 5) is 4.69. The van der Waals surface area contributed by atoms with E-state index >= 15 is 0 Å². The summed E-state index contributed by atoms with van der Waals surface area (Å²) in [5.41, 5.74) is 3.00. The lowest BCUT2D eigenvalue weighted by Crippen LogP contribution is -2.10. The Bertz CT molecular complexity index is 761. The molecule has 0 bridgehead atoms. The quantitative estimate of drug-likeness (QED) is 0.264. The first-order chi connectivity index (χ1) is 13.1. The predicted octanol–water partition coefficient (Wildman–Crippen LogP) is 4.70. The lowest BCUT2D eigenvalue weighted by atomic mass is 10.1. The summed E-state index contributed by atoms with van der Waals surface area (Å²) < 4.78 is 17.4. The second-order valence-electron chi connectivity index (χ2n) is 5.95. The first kappa shape index (κ1) is 20.4. The van der Waals surface area contributed by atoms with Gasteiger partial charge < -0.3 is 19.0 Å². The molecular formula is C22H27NO4. The van der Waals surface area contributed by atoms with Crippen LogP contribution in [0.4, 0.5) is 0 Å². The van der Waals surface area contributed by atoms with Crippen molar-refractivity contribution < 1.29 is 19.0 Å². The van der Waals surface area contributed by atoms with E-state index in [2.05, 4.69) is 9.99 Å². The van der Waals surface area contributed by atoms with Gasteiger partial charge in [-0.15, -0.1) is 0 Å². The van der Waals surface area contributed by atoms with Crippen LogP contribution in [0, 0.1) is 13.8 Å². The van der Waals surface area contributed by atoms with Gasteiger partial charge in [-0.1, -0.05) is 29.4 Å². The Labute approximate surface area is 161 Å². The highest BCUT2D eigenvalue weighted by Gasteiger charge is 2.07. The fourth-order valence-corrected chi connectivity index (χ4v) is 2.56. The maximum atomic E-state index is 5.92. The van der Waals surface area contributed by atoms with Gasteiger partial charge in [-0.05, 0) is 61.7 Å². The SMILES string of the molecule is C/C=C/COc1cc(C)c(OCCOc2cccc(/C=N/OC)c2)c(C)c1. The van der Waals surface area contributed by atoms with Gasteiger partial charge in [0, 0.05) is 0 Å². The maximum Gasteiger partial charge on any atom is 0.125 e. The van der Waals surface area contributed by atoms with E-state index in [1.54, 1.807) is 6.21 Å². The first-order valence-corrected chi connectivity index (χ1v) is 8.91. The molecule has 2 rings (SSSR count). The number of oxime groups is 1. The average Bonchev–Trinajstić information content (AvgIpc) is 2.66. The van der Waals surface area contributed by atoms with E-state index in [9.17, 15) is 0 Å². The summed E-state index contributed by atoms with van der Waals surface area (Å²) in [5, 5.41) is 3.75. The molecule has 27 heavy (non-hydrogen) atoms. The molecule has 0 fully saturated rings. The van der Waals surface area contributed by atoms with Crippen LogP contribution in [0.5, 0.6) is 17.2 Å². The van der Waals surface area contributed by atoms with Crippen LogP contribution in [-0.4, -0.2) is 33.1 Å². The Hall–Kier alpha value is -2.95. The minimum atomic E-state index is 0.448. The molecule has 0 spiro atoms. The van der Waals surface area contributed by atoms with Crippen molar-refractivity contribution >= 4 is 6.21 Å². The standard InChI is InChI=1S/C22H27NO4/c1-5-6-10-25-21-13-17(2)22(18(3)14-21)27-12-11-26-20-9-7-8-19(15-20)16-23-24-4/h5-9,13-16H,10-12H2,1-4H3/b6-5+,23-16+. The summed E-state index contributed by atoms with van der Waals surface area (Å²) >= 11 is 0. The molecule has 2 aromatic rings. The van der Waals surface area contributed by atoms with Crippen LogP contribution in [-0.2, 0) is 4.84 Å². The fraction of sp³-hybridized carbons (Fsp3) is 0.318. The first-order valence-electron chi connectivity index (χ1n) is 8.91. The van der Waals surface area contributed by atoms with Gasteiger partial charge in [-0.2, -0.15) is 0 Å². The Morgan fingerprint density at radius 3 is 2.37 bits per heavy atom. The molecule has 0 N–H and O–H groups in total. The lowest BCUT2D eigenvalue weighted by molar-refractivity contribution is 0.214. The van der Waals surface area contributed by atoms with Gasteiger partial charge in [-0.25, -0.2) is 0 Å². The van der Waals surface area contributed by atoms with Gasteiger partial charge in [-0.3, -0.25) is 0 Å². The monoisotopic (exact) mass is 369 g/mol. The summed E-state index contributed by atoms with van der Waals surface area (Å²) in [5.74, 6) is 2.49. The normalized spacial score (nSPS) is 11.1. The van der Waals surface area contributed by atoms with E-state index in [0.29, 0.717) is 19.8 Å². The van der Waals surface area contributed by atoms with Crippen molar-refractivity contribution in [3.63, 3.8) is 0 Å². The van der Waals surface area contributed by atoms with Crippen LogP contribution >= 0.6 is 0 Å². The molecule has 2 aromatic carbocycles. The van der Waals surface area contributed by atoms with Gasteiger partial charge in [0.2, 0.25) is 0 Å². The third kappa shape index (κ3) is 6.70. The van der Waals surface area contributed by atoms with Crippen molar-refractivity contribution in [2.75, 3.05) is 26.9 Å². The lowest BCUT2D eigenvalue weighted by Gasteiger charge is -2.15. The van der Waals surface area contributed by atoms with Crippen molar-refractivity contribution in [3.05, 3.63) is 65.2 Å². The number of nitrogens with zero attached hydrogens (tertiary/aromatic N) is 1. The van der Waals surface area contributed by atoms with E-state index < -0.39 is 0 Å². The van der Waals surface area contributed by atoms with E-state index in [0.717, 1.165) is 33.9 Å². The molecule has 0 aliphatic heterocycles. The van der Waals surface area contributed by atoms with Gasteiger partial charge >= 0.3 is 0 Å². The highest BCUT2D eigenvalue weighted by Crippen LogP contribution is 2.28. The third-order valence-electron chi connectivity index (χ3n) is 3.78. The van der Waals surface area contributed by atoms with E-state index in [1.165, 1.54) is 7.11 Å². The molecule has 0 atom stereocenters. The molecule has 5 heteroatoms. The Morgan fingerprint density at radius 1 is 0.926 bits per heavy atom. The van der Waals surface area contributed by atoms with Crippen LogP contribution < -0.4 is 14.2 Å². The average molecular weight is 369 g/mol. The Morgan fingerprint density at radius 2 is 1.67 bits per heavy atom. The summed E-state index contributed by atoms with van der Waals surface area (Å²) in [6, 6.07) is 11.6. The molecule has 0 radical (unpaired) electrons. The number of benzene rings is 2. The molecule has 0 saturated heterocycles. The molecule has 144 valence electrons. The van der Waals surface area contributed by atoms with Crippen molar-refractivity contribution in [2.45, 2.75) is 20.8 Å². The molecule has 0 aliphatic rings. The predicted molar refractivity (Wildman–Crippen MR) is 108 cm³/mol. The fourth-order valence-electron chi connectivity index (χ4n) is 2.56. The Balaban J connectivity index is 1.87. The molecule has 0 unspecified atom stereocenters. The number of aryl methyl sites for hydroxylation is 2. The summed E-state index contributed by atoms with van der Waals surface area (Å²) in [6.07, 6.45) is 5.58. The van der Waals surface area contributed by atoms with E-state index in [-0.39, 0.29) is 0 Å². The largest absolute Gasteiger partial charge is 0.490 e. The third-order valence-corrected chi connectivity index (χ3v) is 3.78. The molecule has 0 aromatic heterocycles. The van der Waals surface area contributed by atoms with Crippen molar-refractivity contribution in [2.24, 2.45) is 5.16 Å². The van der Waals surface area contributed by atoms with Crippen molar-refractivity contribution in [1.29, 1.82) is 0 Å². The smallest absolute Gasteiger partial charge is 0.125 e. The number of hydrogen-bond acceptors (Lipinski definition) is 5. The number of ether oxygens (including phenoxy) is 3. The number of rotatable bonds is 10. The van der Waals surface area contributed by atoms with Gasteiger partial charge in [0.25, 0.3) is 0 Å². The molecular weight excluding hydrogens is 342 g/mol. The zero-order chi connectivity index (χ0) is 19.5. The summed E-state index contributed by atoms with van der Waals surface area (Å²) in [7, 11) is 1.51. The van der Waals surface area contributed by atoms with E-state index in [4.69, 9.17) is 14.2 Å². The van der Waals surface area contributed by atoms with Gasteiger partial charge in [0.05, 0.1) is 6.21 Å². The van der Waals surface area contributed by atoms with Crippen LogP contribution in [0.15, 0.2) is 53.7 Å². The molecule has 0 aliphatic carbocycles. The minimum absolute atomic E-state index is 0.448. The molecule has 5 nitrogen and oxygen atoms in total. The number of hydrogen-bond donors (Lipinski definition) is 0. The van der Waals surface area contributed by atoms with Crippen LogP contribution in [0.2, 0.25) is 0 Å². The minimum Gasteiger partial charge on any atom is -0.490 e. The second kappa shape index (κ2) is 10.9. The zero-order valence-corrected chi connectivity index (χ0v) is 16.4. The van der Waals surface area contributed by atoms with Crippen LogP contribution in [0.25, 0.3) is 0 Å². The Kier molecular flexibility index (Phi) is 8.23. The molecule has 0 saturated carbocycles. The highest BCUT2D eigenvalue weighted by atomic mass is 16.6. The van der Waals surface area contributed by atoms with Crippen molar-refractivity contribution in [1.82, 2.24) is 0 Å². The highest BCUT2D eigenvalue weighted by molar-refractivity contribution is 5.79. The van der Waals surface area contributed by atoms with Crippen LogP contribution in [0.3, 0.4) is 0 Å². The van der Waals surface area contributed by atoms with E-state index in [1.807, 2.05) is 69.3 Å². The molecule has 0 amide bonds. The van der Waals surface area contributed by atoms with Gasteiger partial charge in [0.15, 0.2) is 0 Å². The van der Waals surface area contributed by atoms with Crippen molar-refractivity contribution in [3.8, 4) is 17.2 Å². The maximum absolute atomic E-state index is 5.92. The zero-order valence-electron chi connectivity index (χ0n) is 16.4. The van der Waals surface area contributed by atoms with Gasteiger partial charge in [0.1, 0.15) is 44.2 Å². The second-order valence-corrected chi connectivity index (χ2v) is 5.95. The number of allylic oxidation sites excluding steroid dienone is 1. The van der Waals surface area contributed by atoms with Crippen LogP contribution in [0.1, 0.15) is 23.6 Å². The molecule has 0 heterocycles. The topological polar surface area (TPSA) is 49.3 Å². The summed E-state index contributed by atoms with van der Waals surface area (Å²) in [6.45, 7) is 7.48.